The van der Waals surface area contributed by atoms with Gasteiger partial charge in [0.25, 0.3) is 0 Å². The van der Waals surface area contributed by atoms with E-state index in [0.717, 1.165) is 40.7 Å². The Morgan fingerprint density at radius 2 is 1.88 bits per heavy atom. The average molecular weight is 284 g/mol. The topological polar surface area (TPSA) is 32.3 Å². The van der Waals surface area contributed by atoms with E-state index < -0.39 is 0 Å². The Morgan fingerprint density at radius 1 is 1.19 bits per heavy atom. The van der Waals surface area contributed by atoms with Crippen LogP contribution < -0.4 is 5.32 Å². The number of phenolic OH excluding ortho intramolecular Hbond substituents is 1. The van der Waals surface area contributed by atoms with Crippen molar-refractivity contribution in [2.45, 2.75) is 33.1 Å². The van der Waals surface area contributed by atoms with Crippen LogP contribution in [0, 0.1) is 20.8 Å². The lowest BCUT2D eigenvalue weighted by atomic mass is 9.89. The summed E-state index contributed by atoms with van der Waals surface area (Å²) in [6.07, 6.45) is 1.11. The summed E-state index contributed by atoms with van der Waals surface area (Å²) in [4.78, 5) is 0. The molecule has 1 atom stereocenters. The summed E-state index contributed by atoms with van der Waals surface area (Å²) >= 11 is 3.63. The number of hydrogen-bond acceptors (Lipinski definition) is 2. The predicted molar refractivity (Wildman–Crippen MR) is 70.2 cm³/mol. The minimum Gasteiger partial charge on any atom is -0.507 e. The van der Waals surface area contributed by atoms with Gasteiger partial charge in [-0.25, -0.2) is 0 Å². The average Bonchev–Trinajstić information content (AvgIpc) is 2.77. The maximum atomic E-state index is 10.3. The molecule has 2 N–H and O–H groups in total. The number of aromatic hydroxyl groups is 1. The normalized spacial score (nSPS) is 20.4. The molecule has 0 saturated carbocycles. The van der Waals surface area contributed by atoms with E-state index in [4.69, 9.17) is 0 Å². The molecule has 1 fully saturated rings. The lowest BCUT2D eigenvalue weighted by Crippen LogP contribution is -2.10. The van der Waals surface area contributed by atoms with E-state index in [1.807, 2.05) is 13.8 Å². The van der Waals surface area contributed by atoms with Crippen LogP contribution in [0.4, 0.5) is 0 Å². The molecule has 1 aliphatic heterocycles. The standard InChI is InChI=1S/C13H18BrNO/c1-7-8(2)13(16)11(9(3)12(7)14)10-4-5-15-6-10/h10,15-16H,4-6H2,1-3H3. The zero-order valence-corrected chi connectivity index (χ0v) is 11.6. The largest absolute Gasteiger partial charge is 0.507 e. The molecule has 0 aromatic heterocycles. The maximum Gasteiger partial charge on any atom is 0.122 e. The quantitative estimate of drug-likeness (QED) is 0.830. The molecule has 2 rings (SSSR count). The van der Waals surface area contributed by atoms with Crippen molar-refractivity contribution in [1.82, 2.24) is 5.32 Å². The molecule has 1 aromatic carbocycles. The zero-order chi connectivity index (χ0) is 11.9. The molecule has 0 radical (unpaired) electrons. The van der Waals surface area contributed by atoms with Crippen molar-refractivity contribution >= 4 is 15.9 Å². The number of nitrogens with one attached hydrogen (secondary N) is 1. The Bertz CT molecular complexity index is 393. The van der Waals surface area contributed by atoms with Gasteiger partial charge in [-0.2, -0.15) is 0 Å². The zero-order valence-electron chi connectivity index (χ0n) is 10.0. The van der Waals surface area contributed by atoms with Gasteiger partial charge in [0.05, 0.1) is 0 Å². The predicted octanol–water partition coefficient (Wildman–Crippen LogP) is 3.16. The Morgan fingerprint density at radius 3 is 2.44 bits per heavy atom. The third kappa shape index (κ3) is 1.76. The second-order valence-electron chi connectivity index (χ2n) is 4.64. The van der Waals surface area contributed by atoms with Crippen molar-refractivity contribution in [2.24, 2.45) is 0 Å². The molecule has 0 spiro atoms. The highest BCUT2D eigenvalue weighted by Gasteiger charge is 2.25. The van der Waals surface area contributed by atoms with Crippen LogP contribution >= 0.6 is 15.9 Å². The third-order valence-corrected chi connectivity index (χ3v) is 4.89. The Kier molecular flexibility index (Phi) is 3.27. The summed E-state index contributed by atoms with van der Waals surface area (Å²) in [7, 11) is 0. The molecular weight excluding hydrogens is 266 g/mol. The summed E-state index contributed by atoms with van der Waals surface area (Å²) in [5.41, 5.74) is 4.46. The minimum atomic E-state index is 0.454. The first-order valence-electron chi connectivity index (χ1n) is 5.72. The van der Waals surface area contributed by atoms with Gasteiger partial charge >= 0.3 is 0 Å². The maximum absolute atomic E-state index is 10.3. The van der Waals surface area contributed by atoms with E-state index in [9.17, 15) is 5.11 Å². The minimum absolute atomic E-state index is 0.454. The molecule has 1 aromatic rings. The molecule has 3 heteroatoms. The van der Waals surface area contributed by atoms with Gasteiger partial charge in [0.15, 0.2) is 0 Å². The van der Waals surface area contributed by atoms with Gasteiger partial charge in [-0.15, -0.1) is 0 Å². The van der Waals surface area contributed by atoms with Crippen LogP contribution in [0.1, 0.15) is 34.6 Å². The van der Waals surface area contributed by atoms with Crippen LogP contribution in [-0.4, -0.2) is 18.2 Å². The highest BCUT2D eigenvalue weighted by Crippen LogP contribution is 2.40. The van der Waals surface area contributed by atoms with Crippen LogP contribution in [0.5, 0.6) is 5.75 Å². The third-order valence-electron chi connectivity index (χ3n) is 3.70. The fourth-order valence-electron chi connectivity index (χ4n) is 2.52. The van der Waals surface area contributed by atoms with E-state index in [0.29, 0.717) is 11.7 Å². The Balaban J connectivity index is 2.59. The second kappa shape index (κ2) is 4.38. The molecule has 2 nitrogen and oxygen atoms in total. The molecule has 0 aliphatic carbocycles. The summed E-state index contributed by atoms with van der Waals surface area (Å²) in [5.74, 6) is 0.947. The van der Waals surface area contributed by atoms with E-state index in [1.54, 1.807) is 0 Å². The highest BCUT2D eigenvalue weighted by molar-refractivity contribution is 9.10. The number of halogens is 1. The first kappa shape index (κ1) is 11.9. The molecular formula is C13H18BrNO. The molecule has 1 saturated heterocycles. The SMILES string of the molecule is Cc1c(C)c(Br)c(C)c(C2CCNC2)c1O. The summed E-state index contributed by atoms with van der Waals surface area (Å²) in [6.45, 7) is 8.14. The van der Waals surface area contributed by atoms with E-state index in [2.05, 4.69) is 28.2 Å². The van der Waals surface area contributed by atoms with Gasteiger partial charge in [-0.1, -0.05) is 15.9 Å². The van der Waals surface area contributed by atoms with Crippen molar-refractivity contribution in [2.75, 3.05) is 13.1 Å². The first-order chi connectivity index (χ1) is 7.54. The number of rotatable bonds is 1. The summed E-state index contributed by atoms with van der Waals surface area (Å²) in [6, 6.07) is 0. The summed E-state index contributed by atoms with van der Waals surface area (Å²) in [5, 5.41) is 13.6. The van der Waals surface area contributed by atoms with Crippen molar-refractivity contribution in [3.63, 3.8) is 0 Å². The van der Waals surface area contributed by atoms with Crippen molar-refractivity contribution in [1.29, 1.82) is 0 Å². The molecule has 0 bridgehead atoms. The van der Waals surface area contributed by atoms with Gasteiger partial charge in [-0.3, -0.25) is 0 Å². The monoisotopic (exact) mass is 283 g/mol. The van der Waals surface area contributed by atoms with Crippen LogP contribution in [0.2, 0.25) is 0 Å². The van der Waals surface area contributed by atoms with Gasteiger partial charge in [0, 0.05) is 22.5 Å². The van der Waals surface area contributed by atoms with Crippen LogP contribution in [0.25, 0.3) is 0 Å². The number of hydrogen-bond donors (Lipinski definition) is 2. The molecule has 1 heterocycles. The van der Waals surface area contributed by atoms with Crippen molar-refractivity contribution < 1.29 is 5.11 Å². The molecule has 88 valence electrons. The second-order valence-corrected chi connectivity index (χ2v) is 5.43. The number of benzene rings is 1. The molecule has 0 amide bonds. The summed E-state index contributed by atoms with van der Waals surface area (Å²) < 4.78 is 1.14. The van der Waals surface area contributed by atoms with Gasteiger partial charge in [-0.05, 0) is 50.4 Å². The van der Waals surface area contributed by atoms with E-state index in [1.165, 1.54) is 5.56 Å². The fourth-order valence-corrected chi connectivity index (χ4v) is 3.03. The van der Waals surface area contributed by atoms with Gasteiger partial charge < -0.3 is 10.4 Å². The Labute approximate surface area is 105 Å². The van der Waals surface area contributed by atoms with Crippen LogP contribution in [0.3, 0.4) is 0 Å². The molecule has 16 heavy (non-hydrogen) atoms. The smallest absolute Gasteiger partial charge is 0.122 e. The van der Waals surface area contributed by atoms with Crippen molar-refractivity contribution in [3.05, 3.63) is 26.7 Å². The molecule has 1 unspecified atom stereocenters. The van der Waals surface area contributed by atoms with Crippen molar-refractivity contribution in [3.8, 4) is 5.75 Å². The first-order valence-corrected chi connectivity index (χ1v) is 6.52. The molecule has 1 aliphatic rings. The van der Waals surface area contributed by atoms with E-state index >= 15 is 0 Å². The lowest BCUT2D eigenvalue weighted by molar-refractivity contribution is 0.456. The highest BCUT2D eigenvalue weighted by atomic mass is 79.9. The Hall–Kier alpha value is -0.540. The van der Waals surface area contributed by atoms with Crippen LogP contribution in [0.15, 0.2) is 4.47 Å². The van der Waals surface area contributed by atoms with E-state index in [-0.39, 0.29) is 0 Å². The van der Waals surface area contributed by atoms with Gasteiger partial charge in [0.2, 0.25) is 0 Å². The van der Waals surface area contributed by atoms with Crippen LogP contribution in [-0.2, 0) is 0 Å². The van der Waals surface area contributed by atoms with Gasteiger partial charge in [0.1, 0.15) is 5.75 Å². The fraction of sp³-hybridized carbons (Fsp3) is 0.538. The lowest BCUT2D eigenvalue weighted by Gasteiger charge is -2.20. The number of phenols is 1.